The number of nitrogens with zero attached hydrogens (tertiary/aromatic N) is 2. The van der Waals surface area contributed by atoms with Gasteiger partial charge in [0.25, 0.3) is 5.69 Å². The molecule has 5 rings (SSSR count). The smallest absolute Gasteiger partial charge is 0.269 e. The Morgan fingerprint density at radius 1 is 0.909 bits per heavy atom. The zero-order valence-corrected chi connectivity index (χ0v) is 18.4. The second-order valence-corrected chi connectivity index (χ2v) is 8.64. The van der Waals surface area contributed by atoms with E-state index in [9.17, 15) is 10.1 Å². The van der Waals surface area contributed by atoms with Crippen LogP contribution in [0.5, 0.6) is 0 Å². The quantitative estimate of drug-likeness (QED) is 0.253. The molecule has 1 aliphatic heterocycles. The van der Waals surface area contributed by atoms with Gasteiger partial charge in [0, 0.05) is 49.7 Å². The first-order valence-electron chi connectivity index (χ1n) is 11.3. The highest BCUT2D eigenvalue weighted by Gasteiger charge is 2.26. The van der Waals surface area contributed by atoms with Crippen LogP contribution >= 0.6 is 0 Å². The molecule has 3 aromatic carbocycles. The van der Waals surface area contributed by atoms with Crippen LogP contribution in [0.15, 0.2) is 95.4 Å². The van der Waals surface area contributed by atoms with Crippen LogP contribution in [-0.2, 0) is 19.4 Å². The van der Waals surface area contributed by atoms with Gasteiger partial charge in [0.1, 0.15) is 11.5 Å². The maximum atomic E-state index is 10.9. The summed E-state index contributed by atoms with van der Waals surface area (Å²) in [5.74, 6) is 2.04. The number of furan rings is 1. The van der Waals surface area contributed by atoms with E-state index in [0.717, 1.165) is 49.6 Å². The molecule has 2 heterocycles. The maximum absolute atomic E-state index is 10.9. The molecule has 1 atom stereocenters. The van der Waals surface area contributed by atoms with Gasteiger partial charge in [0.15, 0.2) is 0 Å². The Hall–Kier alpha value is -3.70. The molecule has 1 aromatic heterocycles. The Morgan fingerprint density at radius 2 is 1.67 bits per heavy atom. The highest BCUT2D eigenvalue weighted by atomic mass is 16.6. The van der Waals surface area contributed by atoms with Gasteiger partial charge >= 0.3 is 0 Å². The molecule has 0 fully saturated rings. The Labute approximate surface area is 193 Å². The van der Waals surface area contributed by atoms with Crippen molar-refractivity contribution in [1.29, 1.82) is 0 Å². The minimum absolute atomic E-state index is 0.0833. The van der Waals surface area contributed by atoms with Gasteiger partial charge in [0.05, 0.1) is 4.92 Å². The Bertz CT molecular complexity index is 1230. The summed E-state index contributed by atoms with van der Waals surface area (Å²) in [6, 6.07) is 29.9. The third kappa shape index (κ3) is 4.89. The Kier molecular flexibility index (Phi) is 6.05. The van der Waals surface area contributed by atoms with E-state index in [2.05, 4.69) is 59.5 Å². The molecular weight excluding hydrogens is 412 g/mol. The molecule has 0 saturated heterocycles. The minimum Gasteiger partial charge on any atom is -0.461 e. The van der Waals surface area contributed by atoms with Gasteiger partial charge < -0.3 is 4.42 Å². The van der Waals surface area contributed by atoms with Crippen molar-refractivity contribution in [2.45, 2.75) is 25.3 Å². The van der Waals surface area contributed by atoms with Crippen LogP contribution in [0.1, 0.15) is 28.4 Å². The van der Waals surface area contributed by atoms with E-state index in [1.807, 2.05) is 12.1 Å². The summed E-state index contributed by atoms with van der Waals surface area (Å²) in [5.41, 5.74) is 5.10. The Morgan fingerprint density at radius 3 is 2.45 bits per heavy atom. The first-order chi connectivity index (χ1) is 16.2. The molecule has 0 bridgehead atoms. The number of hydrogen-bond acceptors (Lipinski definition) is 4. The lowest BCUT2D eigenvalue weighted by molar-refractivity contribution is -0.384. The van der Waals surface area contributed by atoms with E-state index in [4.69, 9.17) is 4.42 Å². The van der Waals surface area contributed by atoms with Crippen molar-refractivity contribution in [3.63, 3.8) is 0 Å². The summed E-state index contributed by atoms with van der Waals surface area (Å²) in [7, 11) is 0. The van der Waals surface area contributed by atoms with Gasteiger partial charge in [-0.2, -0.15) is 0 Å². The maximum Gasteiger partial charge on any atom is 0.269 e. The lowest BCUT2D eigenvalue weighted by Gasteiger charge is -2.34. The molecule has 5 heteroatoms. The number of non-ortho nitro benzene ring substituents is 1. The van der Waals surface area contributed by atoms with Crippen LogP contribution in [0.3, 0.4) is 0 Å². The summed E-state index contributed by atoms with van der Waals surface area (Å²) < 4.78 is 6.16. The first-order valence-corrected chi connectivity index (χ1v) is 11.3. The fourth-order valence-electron chi connectivity index (χ4n) is 4.70. The van der Waals surface area contributed by atoms with Crippen LogP contribution in [0, 0.1) is 10.1 Å². The van der Waals surface area contributed by atoms with Gasteiger partial charge in [-0.3, -0.25) is 15.0 Å². The van der Waals surface area contributed by atoms with Gasteiger partial charge in [0.2, 0.25) is 0 Å². The number of rotatable bonds is 7. The number of benzene rings is 3. The fourth-order valence-corrected chi connectivity index (χ4v) is 4.70. The Balaban J connectivity index is 1.31. The van der Waals surface area contributed by atoms with E-state index in [1.165, 1.54) is 28.8 Å². The number of hydrogen-bond donors (Lipinski definition) is 0. The summed E-state index contributed by atoms with van der Waals surface area (Å²) in [6.45, 7) is 3.00. The van der Waals surface area contributed by atoms with Crippen molar-refractivity contribution in [2.75, 3.05) is 13.1 Å². The van der Waals surface area contributed by atoms with E-state index < -0.39 is 0 Å². The van der Waals surface area contributed by atoms with Crippen LogP contribution in [0.25, 0.3) is 11.3 Å². The summed E-state index contributed by atoms with van der Waals surface area (Å²) in [6.07, 6.45) is 1.87. The number of nitro benzene ring substituents is 1. The predicted octanol–water partition coefficient (Wildman–Crippen LogP) is 6.24. The predicted molar refractivity (Wildman–Crippen MR) is 129 cm³/mol. The van der Waals surface area contributed by atoms with E-state index in [-0.39, 0.29) is 10.6 Å². The monoisotopic (exact) mass is 438 g/mol. The van der Waals surface area contributed by atoms with Crippen LogP contribution < -0.4 is 0 Å². The van der Waals surface area contributed by atoms with Crippen LogP contribution in [0.4, 0.5) is 5.69 Å². The molecule has 1 unspecified atom stereocenters. The minimum atomic E-state index is -0.387. The molecule has 0 radical (unpaired) electrons. The van der Waals surface area contributed by atoms with Crippen molar-refractivity contribution in [1.82, 2.24) is 4.90 Å². The largest absolute Gasteiger partial charge is 0.461 e. The molecule has 0 spiro atoms. The normalized spacial score (nSPS) is 15.8. The molecule has 33 heavy (non-hydrogen) atoms. The van der Waals surface area contributed by atoms with Gasteiger partial charge in [-0.1, -0.05) is 54.6 Å². The molecule has 166 valence electrons. The van der Waals surface area contributed by atoms with E-state index >= 15 is 0 Å². The highest BCUT2D eigenvalue weighted by Crippen LogP contribution is 2.33. The molecule has 0 N–H and O–H groups in total. The zero-order valence-electron chi connectivity index (χ0n) is 18.4. The summed E-state index contributed by atoms with van der Waals surface area (Å²) >= 11 is 0. The lowest BCUT2D eigenvalue weighted by atomic mass is 9.86. The lowest BCUT2D eigenvalue weighted by Crippen LogP contribution is -2.35. The average molecular weight is 439 g/mol. The summed E-state index contributed by atoms with van der Waals surface area (Å²) in [5, 5.41) is 10.9. The van der Waals surface area contributed by atoms with Gasteiger partial charge in [-0.05, 0) is 47.4 Å². The van der Waals surface area contributed by atoms with Crippen molar-refractivity contribution in [2.24, 2.45) is 0 Å². The van der Waals surface area contributed by atoms with Crippen molar-refractivity contribution in [3.05, 3.63) is 124 Å². The molecule has 1 aliphatic rings. The zero-order chi connectivity index (χ0) is 22.6. The standard InChI is InChI=1S/C28H26N2O3/c31-30(32)25-12-10-22(11-13-25)28-15-14-26(33-28)18-24-20-29(17-16-21-6-2-1-3-7-21)19-23-8-4-5-9-27(23)24/h1-15,24H,16-20H2. The topological polar surface area (TPSA) is 59.5 Å². The van der Waals surface area contributed by atoms with E-state index in [0.29, 0.717) is 5.92 Å². The second kappa shape index (κ2) is 9.43. The van der Waals surface area contributed by atoms with Gasteiger partial charge in [-0.15, -0.1) is 0 Å². The fraction of sp³-hybridized carbons (Fsp3) is 0.214. The molecule has 5 nitrogen and oxygen atoms in total. The molecule has 0 aliphatic carbocycles. The number of fused-ring (bicyclic) bond motifs is 1. The first kappa shape index (κ1) is 21.2. The molecule has 0 amide bonds. The van der Waals surface area contributed by atoms with Crippen molar-refractivity contribution >= 4 is 5.69 Å². The van der Waals surface area contributed by atoms with Crippen molar-refractivity contribution < 1.29 is 9.34 Å². The SMILES string of the molecule is O=[N+]([O-])c1ccc(-c2ccc(CC3CN(CCc4ccccc4)Cc4ccccc43)o2)cc1. The third-order valence-corrected chi connectivity index (χ3v) is 6.40. The molecular formula is C28H26N2O3. The van der Waals surface area contributed by atoms with Gasteiger partial charge in [-0.25, -0.2) is 0 Å². The second-order valence-electron chi connectivity index (χ2n) is 8.64. The third-order valence-electron chi connectivity index (χ3n) is 6.40. The highest BCUT2D eigenvalue weighted by molar-refractivity contribution is 5.59. The summed E-state index contributed by atoms with van der Waals surface area (Å²) in [4.78, 5) is 13.1. The van der Waals surface area contributed by atoms with Crippen LogP contribution in [0.2, 0.25) is 0 Å². The molecule has 4 aromatic rings. The molecule has 0 saturated carbocycles. The van der Waals surface area contributed by atoms with E-state index in [1.54, 1.807) is 12.1 Å². The van der Waals surface area contributed by atoms with Crippen LogP contribution in [-0.4, -0.2) is 22.9 Å². The number of nitro groups is 1. The average Bonchev–Trinajstić information content (AvgIpc) is 3.32. The van der Waals surface area contributed by atoms with Crippen molar-refractivity contribution in [3.8, 4) is 11.3 Å².